The minimum absolute atomic E-state index is 0.0843. The fourth-order valence-electron chi connectivity index (χ4n) is 3.14. The molecule has 8 heteroatoms. The van der Waals surface area contributed by atoms with Crippen LogP contribution in [0.2, 0.25) is 0 Å². The van der Waals surface area contributed by atoms with E-state index in [2.05, 4.69) is 22.5 Å². The van der Waals surface area contributed by atoms with Crippen LogP contribution in [-0.2, 0) is 9.53 Å². The van der Waals surface area contributed by atoms with Gasteiger partial charge in [0.25, 0.3) is 11.8 Å². The molecule has 1 aliphatic carbocycles. The lowest BCUT2D eigenvalue weighted by atomic mass is 10.1. The molecule has 0 unspecified atom stereocenters. The highest BCUT2D eigenvalue weighted by atomic mass is 16.5. The van der Waals surface area contributed by atoms with Gasteiger partial charge in [0.05, 0.1) is 24.6 Å². The number of carbonyl (C=O) groups is 2. The Morgan fingerprint density at radius 2 is 1.93 bits per heavy atom. The van der Waals surface area contributed by atoms with Gasteiger partial charge in [0.15, 0.2) is 0 Å². The fraction of sp³-hybridized carbons (Fsp3) is 0.409. The number of ether oxygens (including phenoxy) is 1. The van der Waals surface area contributed by atoms with E-state index in [1.807, 2.05) is 13.0 Å². The van der Waals surface area contributed by atoms with Crippen LogP contribution in [0.25, 0.3) is 0 Å². The van der Waals surface area contributed by atoms with Gasteiger partial charge in [0.1, 0.15) is 5.70 Å². The van der Waals surface area contributed by atoms with E-state index in [9.17, 15) is 9.59 Å². The van der Waals surface area contributed by atoms with E-state index in [0.29, 0.717) is 36.7 Å². The van der Waals surface area contributed by atoms with Crippen LogP contribution in [0.4, 0.5) is 5.69 Å². The molecule has 2 aliphatic rings. The van der Waals surface area contributed by atoms with Crippen molar-refractivity contribution >= 4 is 24.2 Å². The standard InChI is InChI=1S/C22H29N5O3/c1-3-25-21(28)16-4-8-18(9-5-16)27(24-2)19(14-15-10-12-30-13-11-15)20(23)22(29)26-17-6-7-17/h4-5,8-9,14,17H,2-3,6-7,10-13,23H2,1H3,(H,25,28)(H,26,29)/b20-19-. The van der Waals surface area contributed by atoms with Crippen molar-refractivity contribution in [3.8, 4) is 0 Å². The Morgan fingerprint density at radius 3 is 2.50 bits per heavy atom. The Hall–Kier alpha value is -3.13. The summed E-state index contributed by atoms with van der Waals surface area (Å²) in [4.78, 5) is 24.7. The number of amides is 2. The Morgan fingerprint density at radius 1 is 1.27 bits per heavy atom. The second kappa shape index (κ2) is 10.1. The third kappa shape index (κ3) is 5.48. The molecule has 0 aromatic heterocycles. The minimum Gasteiger partial charge on any atom is -0.393 e. The third-order valence-corrected chi connectivity index (χ3v) is 4.99. The number of rotatable bonds is 8. The molecule has 0 atom stereocenters. The molecule has 1 heterocycles. The lowest BCUT2D eigenvalue weighted by molar-refractivity contribution is -0.117. The quantitative estimate of drug-likeness (QED) is 0.345. The maximum Gasteiger partial charge on any atom is 0.269 e. The minimum atomic E-state index is -0.316. The van der Waals surface area contributed by atoms with E-state index in [0.717, 1.165) is 31.3 Å². The fourth-order valence-corrected chi connectivity index (χ4v) is 3.14. The SMILES string of the molecule is C=NN(/C(C=C1CCOCC1)=C(\N)C(=O)NC1CC1)c1ccc(C(=O)NCC)cc1. The van der Waals surface area contributed by atoms with Crippen molar-refractivity contribution in [2.45, 2.75) is 38.6 Å². The molecule has 1 aliphatic heterocycles. The monoisotopic (exact) mass is 411 g/mol. The summed E-state index contributed by atoms with van der Waals surface area (Å²) in [5, 5.41) is 11.3. The number of hydrogen-bond donors (Lipinski definition) is 3. The van der Waals surface area contributed by atoms with Gasteiger partial charge < -0.3 is 21.1 Å². The Labute approximate surface area is 176 Å². The molecule has 3 rings (SSSR count). The van der Waals surface area contributed by atoms with E-state index in [-0.39, 0.29) is 23.6 Å². The molecule has 1 aromatic rings. The summed E-state index contributed by atoms with van der Waals surface area (Å²) in [6.07, 6.45) is 5.37. The Bertz CT molecular complexity index is 848. The van der Waals surface area contributed by atoms with E-state index in [4.69, 9.17) is 10.5 Å². The molecule has 160 valence electrons. The van der Waals surface area contributed by atoms with Gasteiger partial charge in [0.2, 0.25) is 0 Å². The number of nitrogens with zero attached hydrogens (tertiary/aromatic N) is 2. The summed E-state index contributed by atoms with van der Waals surface area (Å²) in [5.41, 5.74) is 9.15. The van der Waals surface area contributed by atoms with Gasteiger partial charge in [-0.05, 0) is 62.9 Å². The third-order valence-electron chi connectivity index (χ3n) is 4.99. The maximum atomic E-state index is 12.7. The smallest absolute Gasteiger partial charge is 0.269 e. The zero-order chi connectivity index (χ0) is 21.5. The van der Waals surface area contributed by atoms with Gasteiger partial charge >= 0.3 is 0 Å². The molecule has 30 heavy (non-hydrogen) atoms. The van der Waals surface area contributed by atoms with Crippen molar-refractivity contribution in [3.05, 3.63) is 52.9 Å². The molecule has 2 fully saturated rings. The number of hydrogen-bond acceptors (Lipinski definition) is 6. The van der Waals surface area contributed by atoms with Crippen LogP contribution in [0.15, 0.2) is 52.4 Å². The van der Waals surface area contributed by atoms with Crippen molar-refractivity contribution in [1.29, 1.82) is 0 Å². The van der Waals surface area contributed by atoms with Gasteiger partial charge in [-0.3, -0.25) is 9.59 Å². The number of nitrogens with two attached hydrogens (primary N) is 1. The number of allylic oxidation sites excluding steroid dienone is 1. The largest absolute Gasteiger partial charge is 0.393 e. The molecule has 1 saturated carbocycles. The van der Waals surface area contributed by atoms with Crippen LogP contribution in [0.3, 0.4) is 0 Å². The molecule has 4 N–H and O–H groups in total. The zero-order valence-corrected chi connectivity index (χ0v) is 17.3. The van der Waals surface area contributed by atoms with Crippen molar-refractivity contribution in [2.24, 2.45) is 10.8 Å². The molecule has 0 radical (unpaired) electrons. The predicted octanol–water partition coefficient (Wildman–Crippen LogP) is 2.04. The summed E-state index contributed by atoms with van der Waals surface area (Å²) in [6.45, 7) is 7.36. The van der Waals surface area contributed by atoms with Crippen LogP contribution in [-0.4, -0.2) is 44.3 Å². The summed E-state index contributed by atoms with van der Waals surface area (Å²) < 4.78 is 5.42. The lowest BCUT2D eigenvalue weighted by Crippen LogP contribution is -2.33. The highest BCUT2D eigenvalue weighted by Gasteiger charge is 2.26. The van der Waals surface area contributed by atoms with Gasteiger partial charge in [-0.25, -0.2) is 5.01 Å². The van der Waals surface area contributed by atoms with Crippen LogP contribution >= 0.6 is 0 Å². The van der Waals surface area contributed by atoms with E-state index in [1.54, 1.807) is 24.3 Å². The second-order valence-corrected chi connectivity index (χ2v) is 7.32. The van der Waals surface area contributed by atoms with E-state index in [1.165, 1.54) is 5.01 Å². The molecular formula is C22H29N5O3. The highest BCUT2D eigenvalue weighted by Crippen LogP contribution is 2.26. The maximum absolute atomic E-state index is 12.7. The lowest BCUT2D eigenvalue weighted by Gasteiger charge is -2.24. The number of benzene rings is 1. The van der Waals surface area contributed by atoms with Crippen LogP contribution in [0.5, 0.6) is 0 Å². The van der Waals surface area contributed by atoms with Gasteiger partial charge in [-0.2, -0.15) is 5.10 Å². The Kier molecular flexibility index (Phi) is 7.24. The normalized spacial score (nSPS) is 16.9. The first-order valence-electron chi connectivity index (χ1n) is 10.3. The molecule has 1 aromatic carbocycles. The van der Waals surface area contributed by atoms with Gasteiger partial charge in [-0.1, -0.05) is 5.57 Å². The van der Waals surface area contributed by atoms with Crippen molar-refractivity contribution < 1.29 is 14.3 Å². The van der Waals surface area contributed by atoms with Gasteiger partial charge in [-0.15, -0.1) is 0 Å². The number of anilines is 1. The van der Waals surface area contributed by atoms with Crippen molar-refractivity contribution in [1.82, 2.24) is 10.6 Å². The average Bonchev–Trinajstić information content (AvgIpc) is 3.58. The summed E-state index contributed by atoms with van der Waals surface area (Å²) in [6, 6.07) is 7.12. The number of nitrogens with one attached hydrogen (secondary N) is 2. The zero-order valence-electron chi connectivity index (χ0n) is 17.3. The first-order chi connectivity index (χ1) is 14.5. The number of hydrazone groups is 1. The highest BCUT2D eigenvalue weighted by molar-refractivity contribution is 5.95. The van der Waals surface area contributed by atoms with E-state index >= 15 is 0 Å². The molecule has 2 amide bonds. The molecule has 1 saturated heterocycles. The first-order valence-corrected chi connectivity index (χ1v) is 10.3. The van der Waals surface area contributed by atoms with Crippen LogP contribution in [0, 0.1) is 0 Å². The molecule has 0 bridgehead atoms. The molecular weight excluding hydrogens is 382 g/mol. The summed E-state index contributed by atoms with van der Waals surface area (Å²) in [7, 11) is 0. The topological polar surface area (TPSA) is 109 Å². The van der Waals surface area contributed by atoms with Crippen molar-refractivity contribution in [2.75, 3.05) is 24.8 Å². The summed E-state index contributed by atoms with van der Waals surface area (Å²) in [5.74, 6) is -0.463. The molecule has 8 nitrogen and oxygen atoms in total. The van der Waals surface area contributed by atoms with Crippen LogP contribution in [0.1, 0.15) is 43.0 Å². The predicted molar refractivity (Wildman–Crippen MR) is 117 cm³/mol. The van der Waals surface area contributed by atoms with Crippen molar-refractivity contribution in [3.63, 3.8) is 0 Å². The number of carbonyl (C=O) groups excluding carboxylic acids is 2. The Balaban J connectivity index is 1.94. The molecule has 0 spiro atoms. The average molecular weight is 412 g/mol. The van der Waals surface area contributed by atoms with Crippen LogP contribution < -0.4 is 21.4 Å². The first kappa shape index (κ1) is 21.6. The van der Waals surface area contributed by atoms with E-state index < -0.39 is 0 Å². The second-order valence-electron chi connectivity index (χ2n) is 7.32. The summed E-state index contributed by atoms with van der Waals surface area (Å²) >= 11 is 0. The van der Waals surface area contributed by atoms with Gasteiger partial charge in [0, 0.05) is 24.9 Å².